The van der Waals surface area contributed by atoms with Crippen molar-refractivity contribution in [2.75, 3.05) is 0 Å². The van der Waals surface area contributed by atoms with Gasteiger partial charge in [-0.1, -0.05) is 20.8 Å². The van der Waals surface area contributed by atoms with Crippen LogP contribution in [0, 0.1) is 28.1 Å². The molecule has 104 valence electrons. The third kappa shape index (κ3) is 1.05. The lowest BCUT2D eigenvalue weighted by Gasteiger charge is -2.48. The molecule has 0 unspecified atom stereocenters. The Hall–Kier alpha value is -1.06. The van der Waals surface area contributed by atoms with Crippen LogP contribution >= 0.6 is 0 Å². The van der Waals surface area contributed by atoms with Crippen molar-refractivity contribution >= 4 is 11.9 Å². The first kappa shape index (κ1) is 11.7. The Balaban J connectivity index is 1.95. The van der Waals surface area contributed by atoms with E-state index >= 15 is 0 Å². The molecule has 2 saturated heterocycles. The van der Waals surface area contributed by atoms with E-state index in [4.69, 9.17) is 9.47 Å². The molecule has 0 radical (unpaired) electrons. The molecule has 2 aliphatic heterocycles. The topological polar surface area (TPSA) is 52.6 Å². The highest BCUT2D eigenvalue weighted by atomic mass is 16.7. The lowest BCUT2D eigenvalue weighted by molar-refractivity contribution is -0.228. The molecule has 0 aromatic heterocycles. The quantitative estimate of drug-likeness (QED) is 0.630. The molecule has 0 amide bonds. The molecular formula is C15H20O4. The van der Waals surface area contributed by atoms with Crippen LogP contribution in [0.15, 0.2) is 0 Å². The van der Waals surface area contributed by atoms with E-state index in [9.17, 15) is 9.59 Å². The Morgan fingerprint density at radius 2 is 1.84 bits per heavy atom. The first-order chi connectivity index (χ1) is 8.81. The second kappa shape index (κ2) is 2.99. The van der Waals surface area contributed by atoms with Crippen LogP contribution in [-0.2, 0) is 19.1 Å². The Bertz CT molecular complexity index is 494. The minimum atomic E-state index is -0.634. The highest BCUT2D eigenvalue weighted by Gasteiger charge is 2.80. The van der Waals surface area contributed by atoms with E-state index in [0.29, 0.717) is 12.3 Å². The van der Waals surface area contributed by atoms with Crippen molar-refractivity contribution in [2.45, 2.75) is 52.7 Å². The summed E-state index contributed by atoms with van der Waals surface area (Å²) in [6, 6.07) is 0. The Morgan fingerprint density at radius 1 is 1.11 bits per heavy atom. The average molecular weight is 264 g/mol. The van der Waals surface area contributed by atoms with Gasteiger partial charge < -0.3 is 9.47 Å². The van der Waals surface area contributed by atoms with Gasteiger partial charge in [-0.05, 0) is 36.0 Å². The van der Waals surface area contributed by atoms with Crippen molar-refractivity contribution in [3.05, 3.63) is 0 Å². The van der Waals surface area contributed by atoms with Crippen LogP contribution in [0.25, 0.3) is 0 Å². The lowest BCUT2D eigenvalue weighted by Crippen LogP contribution is -2.54. The van der Waals surface area contributed by atoms with Crippen molar-refractivity contribution in [1.82, 2.24) is 0 Å². The summed E-state index contributed by atoms with van der Waals surface area (Å²) in [6.07, 6.45) is 2.71. The fraction of sp³-hybridized carbons (Fsp3) is 0.867. The fourth-order valence-corrected chi connectivity index (χ4v) is 6.24. The zero-order valence-corrected chi connectivity index (χ0v) is 11.7. The predicted molar refractivity (Wildman–Crippen MR) is 65.7 cm³/mol. The molecule has 4 nitrogen and oxygen atoms in total. The third-order valence-corrected chi connectivity index (χ3v) is 6.40. The van der Waals surface area contributed by atoms with E-state index in [0.717, 1.165) is 19.3 Å². The summed E-state index contributed by atoms with van der Waals surface area (Å²) in [5.74, 6) is -0.0111. The van der Waals surface area contributed by atoms with Crippen LogP contribution < -0.4 is 0 Å². The smallest absolute Gasteiger partial charge is 0.312 e. The number of esters is 2. The lowest BCUT2D eigenvalue weighted by atomic mass is 9.58. The van der Waals surface area contributed by atoms with E-state index in [1.807, 2.05) is 0 Å². The van der Waals surface area contributed by atoms with Crippen LogP contribution in [0.1, 0.15) is 46.5 Å². The van der Waals surface area contributed by atoms with Crippen LogP contribution in [0.2, 0.25) is 0 Å². The Morgan fingerprint density at radius 3 is 2.58 bits per heavy atom. The van der Waals surface area contributed by atoms with Gasteiger partial charge >= 0.3 is 11.9 Å². The molecule has 2 saturated carbocycles. The second-order valence-electron chi connectivity index (χ2n) is 7.78. The molecule has 4 fully saturated rings. The molecule has 0 aromatic carbocycles. The van der Waals surface area contributed by atoms with Crippen molar-refractivity contribution in [3.8, 4) is 0 Å². The van der Waals surface area contributed by atoms with Gasteiger partial charge in [-0.2, -0.15) is 0 Å². The molecule has 0 N–H and O–H groups in total. The molecule has 4 rings (SSSR count). The number of hydrogen-bond acceptors (Lipinski definition) is 4. The van der Waals surface area contributed by atoms with Gasteiger partial charge in [0.05, 0.1) is 17.8 Å². The largest absolute Gasteiger partial charge is 0.424 e. The number of carbonyl (C=O) groups is 2. The first-order valence-electron chi connectivity index (χ1n) is 7.21. The van der Waals surface area contributed by atoms with Gasteiger partial charge in [0.15, 0.2) is 0 Å². The van der Waals surface area contributed by atoms with Gasteiger partial charge in [0.25, 0.3) is 6.29 Å². The van der Waals surface area contributed by atoms with E-state index < -0.39 is 6.29 Å². The number of hydrogen-bond donors (Lipinski definition) is 0. The summed E-state index contributed by atoms with van der Waals surface area (Å²) in [5, 5.41) is 0. The minimum absolute atomic E-state index is 0.0672. The number of ether oxygens (including phenoxy) is 2. The monoisotopic (exact) mass is 264 g/mol. The van der Waals surface area contributed by atoms with Crippen molar-refractivity contribution in [3.63, 3.8) is 0 Å². The maximum Gasteiger partial charge on any atom is 0.312 e. The standard InChI is InChI=1S/C15H20O4/c1-13(2)7-14(3)6-10(16)18-12-15(14)8(11(17)19-12)4-5-9(13)15/h8-9,12H,4-7H2,1-3H3/t8-,9-,12-,14-,15-/m0/s1. The minimum Gasteiger partial charge on any atom is -0.424 e. The SMILES string of the molecule is CC1(C)C[C@]2(C)CC(=O)O[C@H]3OC(=O)[C@@H]4CC[C@@H]1[C@]342. The van der Waals surface area contributed by atoms with E-state index in [1.165, 1.54) is 0 Å². The van der Waals surface area contributed by atoms with Gasteiger partial charge in [-0.3, -0.25) is 9.59 Å². The van der Waals surface area contributed by atoms with Gasteiger partial charge in [-0.15, -0.1) is 0 Å². The molecule has 0 aromatic rings. The van der Waals surface area contributed by atoms with Gasteiger partial charge in [0.1, 0.15) is 0 Å². The summed E-state index contributed by atoms with van der Waals surface area (Å²) in [5.41, 5.74) is -0.278. The van der Waals surface area contributed by atoms with E-state index in [2.05, 4.69) is 20.8 Å². The van der Waals surface area contributed by atoms with Crippen molar-refractivity contribution in [2.24, 2.45) is 28.1 Å². The molecule has 4 aliphatic rings. The Kier molecular flexibility index (Phi) is 1.85. The highest BCUT2D eigenvalue weighted by molar-refractivity contribution is 5.80. The van der Waals surface area contributed by atoms with Crippen LogP contribution in [0.3, 0.4) is 0 Å². The summed E-state index contributed by atoms with van der Waals surface area (Å²) >= 11 is 0. The molecular weight excluding hydrogens is 244 g/mol. The summed E-state index contributed by atoms with van der Waals surface area (Å²) in [7, 11) is 0. The van der Waals surface area contributed by atoms with E-state index in [-0.39, 0.29) is 34.1 Å². The second-order valence-corrected chi connectivity index (χ2v) is 7.78. The highest BCUT2D eigenvalue weighted by Crippen LogP contribution is 2.77. The zero-order valence-electron chi connectivity index (χ0n) is 11.7. The Labute approximate surface area is 112 Å². The molecule has 2 heterocycles. The normalized spacial score (nSPS) is 53.5. The van der Waals surface area contributed by atoms with Crippen LogP contribution in [0.5, 0.6) is 0 Å². The van der Waals surface area contributed by atoms with E-state index in [1.54, 1.807) is 0 Å². The summed E-state index contributed by atoms with van der Waals surface area (Å²) < 4.78 is 10.9. The molecule has 4 heteroatoms. The molecule has 19 heavy (non-hydrogen) atoms. The van der Waals surface area contributed by atoms with Crippen LogP contribution in [0.4, 0.5) is 0 Å². The van der Waals surface area contributed by atoms with Crippen LogP contribution in [-0.4, -0.2) is 18.2 Å². The maximum atomic E-state index is 12.2. The van der Waals surface area contributed by atoms with Crippen molar-refractivity contribution in [1.29, 1.82) is 0 Å². The van der Waals surface area contributed by atoms with Gasteiger partial charge in [0.2, 0.25) is 0 Å². The molecule has 0 bridgehead atoms. The molecule has 2 aliphatic carbocycles. The maximum absolute atomic E-state index is 12.2. The number of rotatable bonds is 0. The predicted octanol–water partition coefficient (Wildman–Crippen LogP) is 2.27. The average Bonchev–Trinajstić information content (AvgIpc) is 2.80. The molecule has 1 spiro atoms. The van der Waals surface area contributed by atoms with Gasteiger partial charge in [-0.25, -0.2) is 0 Å². The fourth-order valence-electron chi connectivity index (χ4n) is 6.24. The zero-order chi connectivity index (χ0) is 13.6. The number of carbonyl (C=O) groups excluding carboxylic acids is 2. The van der Waals surface area contributed by atoms with Crippen molar-refractivity contribution < 1.29 is 19.1 Å². The summed E-state index contributed by atoms with van der Waals surface area (Å²) in [4.78, 5) is 24.1. The van der Waals surface area contributed by atoms with Gasteiger partial charge in [0, 0.05) is 0 Å². The summed E-state index contributed by atoms with van der Waals surface area (Å²) in [6.45, 7) is 6.70. The molecule has 5 atom stereocenters. The first-order valence-corrected chi connectivity index (χ1v) is 7.21. The third-order valence-electron chi connectivity index (χ3n) is 6.40.